The second kappa shape index (κ2) is 4.38. The molecule has 1 rings (SSSR count). The van der Waals surface area contributed by atoms with Crippen molar-refractivity contribution in [1.29, 1.82) is 0 Å². The molecule has 2 heteroatoms. The summed E-state index contributed by atoms with van der Waals surface area (Å²) in [7, 11) is 0. The molecule has 0 aliphatic rings. The second-order valence-corrected chi connectivity index (χ2v) is 3.59. The molecule has 0 amide bonds. The van der Waals surface area contributed by atoms with Crippen molar-refractivity contribution < 1.29 is 4.39 Å². The molecule has 0 bridgehead atoms. The molecule has 0 heterocycles. The van der Waals surface area contributed by atoms with E-state index >= 15 is 0 Å². The van der Waals surface area contributed by atoms with Crippen molar-refractivity contribution in [3.63, 3.8) is 0 Å². The van der Waals surface area contributed by atoms with E-state index in [0.717, 1.165) is 18.4 Å². The quantitative estimate of drug-likeness (QED) is 0.761. The molecule has 0 radical (unpaired) electrons. The minimum absolute atomic E-state index is 0.165. The Morgan fingerprint density at radius 1 is 1.46 bits per heavy atom. The molecular weight excluding hydrogens is 165 g/mol. The van der Waals surface area contributed by atoms with Crippen LogP contribution in [0.2, 0.25) is 0 Å². The molecular formula is C11H16FN. The van der Waals surface area contributed by atoms with E-state index in [0.29, 0.717) is 0 Å². The zero-order valence-electron chi connectivity index (χ0n) is 8.18. The van der Waals surface area contributed by atoms with Crippen molar-refractivity contribution in [3.05, 3.63) is 35.1 Å². The Hall–Kier alpha value is -0.890. The van der Waals surface area contributed by atoms with Crippen LogP contribution in [0.15, 0.2) is 18.2 Å². The van der Waals surface area contributed by atoms with Gasteiger partial charge in [-0.2, -0.15) is 0 Å². The monoisotopic (exact) mass is 181 g/mol. The van der Waals surface area contributed by atoms with Crippen LogP contribution in [0.5, 0.6) is 0 Å². The van der Waals surface area contributed by atoms with Gasteiger partial charge in [-0.25, -0.2) is 4.39 Å². The van der Waals surface area contributed by atoms with E-state index in [1.807, 2.05) is 19.9 Å². The predicted octanol–water partition coefficient (Wildman–Crippen LogP) is 2.41. The van der Waals surface area contributed by atoms with Crippen LogP contribution in [0.4, 0.5) is 4.39 Å². The molecule has 0 fully saturated rings. The van der Waals surface area contributed by atoms with E-state index in [9.17, 15) is 4.39 Å². The maximum Gasteiger partial charge on any atom is 0.123 e. The molecule has 1 atom stereocenters. The van der Waals surface area contributed by atoms with Crippen LogP contribution in [0, 0.1) is 12.7 Å². The molecule has 0 saturated carbocycles. The average Bonchev–Trinajstić information content (AvgIpc) is 2.02. The van der Waals surface area contributed by atoms with Gasteiger partial charge in [0, 0.05) is 6.04 Å². The molecule has 0 saturated heterocycles. The fourth-order valence-corrected chi connectivity index (χ4v) is 1.32. The number of halogens is 1. The van der Waals surface area contributed by atoms with Crippen LogP contribution < -0.4 is 5.73 Å². The van der Waals surface area contributed by atoms with Crippen molar-refractivity contribution in [3.8, 4) is 0 Å². The molecule has 1 aromatic rings. The first kappa shape index (κ1) is 10.2. The van der Waals surface area contributed by atoms with Crippen molar-refractivity contribution in [2.24, 2.45) is 5.73 Å². The van der Waals surface area contributed by atoms with Gasteiger partial charge in [0.1, 0.15) is 5.82 Å². The Morgan fingerprint density at radius 2 is 2.15 bits per heavy atom. The number of aryl methyl sites for hydroxylation is 2. The van der Waals surface area contributed by atoms with Gasteiger partial charge >= 0.3 is 0 Å². The van der Waals surface area contributed by atoms with Crippen LogP contribution in [0.25, 0.3) is 0 Å². The van der Waals surface area contributed by atoms with E-state index in [4.69, 9.17) is 5.73 Å². The zero-order valence-corrected chi connectivity index (χ0v) is 8.18. The van der Waals surface area contributed by atoms with E-state index in [1.54, 1.807) is 6.07 Å². The van der Waals surface area contributed by atoms with Crippen molar-refractivity contribution in [2.45, 2.75) is 32.7 Å². The summed E-state index contributed by atoms with van der Waals surface area (Å²) >= 11 is 0. The van der Waals surface area contributed by atoms with E-state index in [1.165, 1.54) is 11.6 Å². The lowest BCUT2D eigenvalue weighted by Crippen LogP contribution is -2.15. The lowest BCUT2D eigenvalue weighted by molar-refractivity contribution is 0.623. The molecule has 0 aliphatic carbocycles. The number of hydrogen-bond donors (Lipinski definition) is 1. The molecule has 1 aromatic carbocycles. The average molecular weight is 181 g/mol. The van der Waals surface area contributed by atoms with Crippen LogP contribution >= 0.6 is 0 Å². The van der Waals surface area contributed by atoms with E-state index in [2.05, 4.69) is 0 Å². The molecule has 0 aromatic heterocycles. The third-order valence-electron chi connectivity index (χ3n) is 2.17. The molecule has 1 unspecified atom stereocenters. The highest BCUT2D eigenvalue weighted by molar-refractivity contribution is 5.26. The lowest BCUT2D eigenvalue weighted by Gasteiger charge is -2.07. The normalized spacial score (nSPS) is 12.9. The third-order valence-corrected chi connectivity index (χ3v) is 2.17. The lowest BCUT2D eigenvalue weighted by atomic mass is 10.0. The Bertz CT molecular complexity index is 281. The van der Waals surface area contributed by atoms with Gasteiger partial charge in [0.15, 0.2) is 0 Å². The third kappa shape index (κ3) is 3.15. The Morgan fingerprint density at radius 3 is 2.69 bits per heavy atom. The number of hydrogen-bond acceptors (Lipinski definition) is 1. The summed E-state index contributed by atoms with van der Waals surface area (Å²) in [6.07, 6.45) is 1.89. The SMILES string of the molecule is Cc1cc(F)ccc1CCC(C)N. The van der Waals surface area contributed by atoms with Crippen LogP contribution in [-0.4, -0.2) is 6.04 Å². The molecule has 13 heavy (non-hydrogen) atoms. The molecule has 2 N–H and O–H groups in total. The fourth-order valence-electron chi connectivity index (χ4n) is 1.32. The van der Waals surface area contributed by atoms with Gasteiger partial charge in [-0.05, 0) is 49.9 Å². The molecule has 1 nitrogen and oxygen atoms in total. The molecule has 0 spiro atoms. The Kier molecular flexibility index (Phi) is 3.43. The van der Waals surface area contributed by atoms with Gasteiger partial charge in [0.05, 0.1) is 0 Å². The molecule has 0 aliphatic heterocycles. The summed E-state index contributed by atoms with van der Waals surface area (Å²) in [6.45, 7) is 3.92. The summed E-state index contributed by atoms with van der Waals surface area (Å²) in [4.78, 5) is 0. The predicted molar refractivity (Wildman–Crippen MR) is 53.1 cm³/mol. The topological polar surface area (TPSA) is 26.0 Å². The first-order valence-electron chi connectivity index (χ1n) is 4.60. The number of nitrogens with two attached hydrogens (primary N) is 1. The van der Waals surface area contributed by atoms with Gasteiger partial charge in [-0.3, -0.25) is 0 Å². The summed E-state index contributed by atoms with van der Waals surface area (Å²) in [5, 5.41) is 0. The number of rotatable bonds is 3. The maximum atomic E-state index is 12.7. The summed E-state index contributed by atoms with van der Waals surface area (Å²) < 4.78 is 12.7. The largest absolute Gasteiger partial charge is 0.328 e. The number of benzene rings is 1. The second-order valence-electron chi connectivity index (χ2n) is 3.59. The zero-order chi connectivity index (χ0) is 9.84. The highest BCUT2D eigenvalue weighted by Gasteiger charge is 2.01. The summed E-state index contributed by atoms with van der Waals surface area (Å²) in [5.74, 6) is -0.165. The van der Waals surface area contributed by atoms with Crippen LogP contribution in [-0.2, 0) is 6.42 Å². The van der Waals surface area contributed by atoms with Gasteiger partial charge in [0.2, 0.25) is 0 Å². The van der Waals surface area contributed by atoms with E-state index < -0.39 is 0 Å². The van der Waals surface area contributed by atoms with Crippen LogP contribution in [0.3, 0.4) is 0 Å². The van der Waals surface area contributed by atoms with Crippen molar-refractivity contribution in [2.75, 3.05) is 0 Å². The van der Waals surface area contributed by atoms with Crippen molar-refractivity contribution >= 4 is 0 Å². The minimum atomic E-state index is -0.165. The standard InChI is InChI=1S/C11H16FN/c1-8-7-11(12)6-5-10(8)4-3-9(2)13/h5-7,9H,3-4,13H2,1-2H3. The highest BCUT2D eigenvalue weighted by Crippen LogP contribution is 2.12. The van der Waals surface area contributed by atoms with Gasteiger partial charge in [-0.1, -0.05) is 6.07 Å². The van der Waals surface area contributed by atoms with Crippen molar-refractivity contribution in [1.82, 2.24) is 0 Å². The van der Waals surface area contributed by atoms with Gasteiger partial charge < -0.3 is 5.73 Å². The molecule has 72 valence electrons. The maximum absolute atomic E-state index is 12.7. The van der Waals surface area contributed by atoms with Crippen LogP contribution in [0.1, 0.15) is 24.5 Å². The Labute approximate surface area is 78.8 Å². The van der Waals surface area contributed by atoms with Gasteiger partial charge in [0.25, 0.3) is 0 Å². The first-order chi connectivity index (χ1) is 6.09. The minimum Gasteiger partial charge on any atom is -0.328 e. The summed E-state index contributed by atoms with van der Waals surface area (Å²) in [5.41, 5.74) is 7.85. The first-order valence-corrected chi connectivity index (χ1v) is 4.60. The Balaban J connectivity index is 2.67. The van der Waals surface area contributed by atoms with Gasteiger partial charge in [-0.15, -0.1) is 0 Å². The highest BCUT2D eigenvalue weighted by atomic mass is 19.1. The van der Waals surface area contributed by atoms with E-state index in [-0.39, 0.29) is 11.9 Å². The smallest absolute Gasteiger partial charge is 0.123 e. The summed E-state index contributed by atoms with van der Waals surface area (Å²) in [6, 6.07) is 5.12. The fraction of sp³-hybridized carbons (Fsp3) is 0.455.